The van der Waals surface area contributed by atoms with Crippen molar-refractivity contribution in [1.82, 2.24) is 10.1 Å². The molecule has 4 rings (SSSR count). The molecule has 0 aliphatic carbocycles. The summed E-state index contributed by atoms with van der Waals surface area (Å²) in [6, 6.07) is 9.20. The molecule has 4 aromatic rings. The van der Waals surface area contributed by atoms with Gasteiger partial charge >= 0.3 is 0 Å². The molecule has 128 valence electrons. The van der Waals surface area contributed by atoms with Crippen LogP contribution in [0.5, 0.6) is 0 Å². The zero-order chi connectivity index (χ0) is 16.8. The van der Waals surface area contributed by atoms with Gasteiger partial charge in [-0.1, -0.05) is 30.5 Å². The summed E-state index contributed by atoms with van der Waals surface area (Å²) in [6.07, 6.45) is 3.80. The molecule has 0 bridgehead atoms. The molecule has 0 aliphatic rings. The van der Waals surface area contributed by atoms with E-state index in [4.69, 9.17) is 0 Å². The summed E-state index contributed by atoms with van der Waals surface area (Å²) in [7, 11) is 0. The first-order valence-electron chi connectivity index (χ1n) is 8.06. The third kappa shape index (κ3) is 2.55. The van der Waals surface area contributed by atoms with Crippen LogP contribution in [0.1, 0.15) is 25.1 Å². The second-order valence-corrected chi connectivity index (χ2v) is 5.84. The van der Waals surface area contributed by atoms with Crippen molar-refractivity contribution in [2.24, 2.45) is 0 Å². The van der Waals surface area contributed by atoms with Gasteiger partial charge in [-0.15, -0.1) is 0 Å². The molecular weight excluding hydrogens is 384 g/mol. The highest BCUT2D eigenvalue weighted by Crippen LogP contribution is 2.32. The minimum Gasteiger partial charge on any atom is -1.00 e. The number of para-hydroxylation sites is 1. The number of halogens is 1. The van der Waals surface area contributed by atoms with Crippen LogP contribution in [0.4, 0.5) is 5.69 Å². The number of hydrogen-bond donors (Lipinski definition) is 1. The van der Waals surface area contributed by atoms with Crippen LogP contribution in [0.2, 0.25) is 0 Å². The van der Waals surface area contributed by atoms with Crippen molar-refractivity contribution in [3.8, 4) is 0 Å². The molecule has 3 heterocycles. The number of nitrogens with zero attached hydrogens (tertiary/aromatic N) is 3. The van der Waals surface area contributed by atoms with Crippen molar-refractivity contribution in [2.75, 3.05) is 0 Å². The van der Waals surface area contributed by atoms with Crippen molar-refractivity contribution in [3.05, 3.63) is 57.9 Å². The molecule has 1 N–H and O–H groups in total. The van der Waals surface area contributed by atoms with E-state index in [2.05, 4.69) is 30.0 Å². The number of pyridine rings is 1. The Morgan fingerprint density at radius 2 is 1.92 bits per heavy atom. The Balaban J connectivity index is 0.00000182. The largest absolute Gasteiger partial charge is 1.00 e. The van der Waals surface area contributed by atoms with Gasteiger partial charge in [-0.25, -0.2) is 4.98 Å². The highest BCUT2D eigenvalue weighted by Gasteiger charge is 2.21. The van der Waals surface area contributed by atoms with Crippen molar-refractivity contribution >= 4 is 33.0 Å². The monoisotopic (exact) mass is 400 g/mol. The lowest BCUT2D eigenvalue weighted by molar-refractivity contribution is -0.580. The lowest BCUT2D eigenvalue weighted by Gasteiger charge is -2.04. The summed E-state index contributed by atoms with van der Waals surface area (Å²) in [5.74, 6) is 0. The van der Waals surface area contributed by atoms with Crippen LogP contribution in [-0.2, 0) is 12.8 Å². The molecule has 0 spiro atoms. The third-order valence-corrected chi connectivity index (χ3v) is 4.56. The Hall–Kier alpha value is -2.54. The zero-order valence-corrected chi connectivity index (χ0v) is 15.5. The molecule has 1 aromatic carbocycles. The van der Waals surface area contributed by atoms with E-state index in [1.54, 1.807) is 6.07 Å². The van der Waals surface area contributed by atoms with Gasteiger partial charge < -0.3 is 17.0 Å². The van der Waals surface area contributed by atoms with E-state index in [1.165, 1.54) is 17.3 Å². The SMILES string of the molecule is CCc1cc2c3nc4c([N+](=O)[O-])cccc4c3cc[n+]2[nH]c1CC.[Br-]. The number of hydrogen-bond acceptors (Lipinski definition) is 3. The molecule has 25 heavy (non-hydrogen) atoms. The number of benzene rings is 1. The normalized spacial score (nSPS) is 11.1. The third-order valence-electron chi connectivity index (χ3n) is 4.56. The van der Waals surface area contributed by atoms with Gasteiger partial charge in [-0.05, 0) is 18.4 Å². The Morgan fingerprint density at radius 1 is 1.16 bits per heavy atom. The number of aromatic amines is 1. The molecule has 0 radical (unpaired) electrons. The lowest BCUT2D eigenvalue weighted by atomic mass is 10.1. The molecule has 0 amide bonds. The first kappa shape index (κ1) is 17.3. The summed E-state index contributed by atoms with van der Waals surface area (Å²) in [4.78, 5) is 15.5. The number of rotatable bonds is 3. The number of nitro benzene ring substituents is 1. The van der Waals surface area contributed by atoms with E-state index >= 15 is 0 Å². The number of aromatic nitrogens is 3. The molecule has 0 aliphatic heterocycles. The molecule has 7 heteroatoms. The Labute approximate surface area is 154 Å². The molecule has 0 saturated heterocycles. The Bertz CT molecular complexity index is 1120. The van der Waals surface area contributed by atoms with Gasteiger partial charge in [0.15, 0.2) is 0 Å². The molecule has 3 aromatic heterocycles. The average Bonchev–Trinajstić information content (AvgIpc) is 2.99. The molecule has 0 atom stereocenters. The van der Waals surface area contributed by atoms with Gasteiger partial charge in [0.05, 0.1) is 10.6 Å². The molecular formula is C18H17BrN4O2. The van der Waals surface area contributed by atoms with E-state index in [-0.39, 0.29) is 27.6 Å². The maximum atomic E-state index is 11.3. The van der Waals surface area contributed by atoms with Crippen molar-refractivity contribution in [1.29, 1.82) is 0 Å². The van der Waals surface area contributed by atoms with E-state index in [1.807, 2.05) is 22.8 Å². The quantitative estimate of drug-likeness (QED) is 0.309. The fourth-order valence-corrected chi connectivity index (χ4v) is 3.35. The number of H-pyrrole nitrogens is 1. The Kier molecular flexibility index (Phi) is 4.43. The topological polar surface area (TPSA) is 75.9 Å². The second kappa shape index (κ2) is 6.40. The van der Waals surface area contributed by atoms with Gasteiger partial charge in [0.1, 0.15) is 11.0 Å². The molecule has 0 saturated carbocycles. The first-order valence-corrected chi connectivity index (χ1v) is 8.06. The van der Waals surface area contributed by atoms with Crippen LogP contribution in [-0.4, -0.2) is 15.0 Å². The predicted molar refractivity (Wildman–Crippen MR) is 92.2 cm³/mol. The summed E-state index contributed by atoms with van der Waals surface area (Å²) in [6.45, 7) is 4.24. The van der Waals surface area contributed by atoms with Crippen molar-refractivity contribution in [2.45, 2.75) is 26.7 Å². The van der Waals surface area contributed by atoms with Gasteiger partial charge in [0, 0.05) is 29.0 Å². The van der Waals surface area contributed by atoms with Crippen LogP contribution in [0.3, 0.4) is 0 Å². The summed E-state index contributed by atoms with van der Waals surface area (Å²) < 4.78 is 1.94. The molecule has 0 unspecified atom stereocenters. The number of nitro groups is 1. The minimum atomic E-state index is -0.373. The van der Waals surface area contributed by atoms with Crippen LogP contribution in [0.25, 0.3) is 27.3 Å². The van der Waals surface area contributed by atoms with Crippen LogP contribution in [0, 0.1) is 10.1 Å². The average molecular weight is 401 g/mol. The first-order chi connectivity index (χ1) is 11.6. The minimum absolute atomic E-state index is 0. The number of non-ortho nitro benzene ring substituents is 1. The fraction of sp³-hybridized carbons (Fsp3) is 0.222. The smallest absolute Gasteiger partial charge is 0.295 e. The van der Waals surface area contributed by atoms with Crippen molar-refractivity contribution < 1.29 is 26.4 Å². The number of aryl methyl sites for hydroxylation is 2. The highest BCUT2D eigenvalue weighted by molar-refractivity contribution is 6.13. The summed E-state index contributed by atoms with van der Waals surface area (Å²) in [5.41, 5.74) is 4.65. The van der Waals surface area contributed by atoms with Gasteiger partial charge in [-0.3, -0.25) is 10.1 Å². The highest BCUT2D eigenvalue weighted by atomic mass is 79.9. The van der Waals surface area contributed by atoms with E-state index < -0.39 is 0 Å². The van der Waals surface area contributed by atoms with Gasteiger partial charge in [-0.2, -0.15) is 5.10 Å². The predicted octanol–water partition coefficient (Wildman–Crippen LogP) is 0.492. The van der Waals surface area contributed by atoms with Crippen LogP contribution < -0.4 is 21.5 Å². The van der Waals surface area contributed by atoms with Gasteiger partial charge in [0.25, 0.3) is 11.2 Å². The van der Waals surface area contributed by atoms with Gasteiger partial charge in [0.2, 0.25) is 6.20 Å². The Morgan fingerprint density at radius 3 is 2.60 bits per heavy atom. The second-order valence-electron chi connectivity index (χ2n) is 5.84. The van der Waals surface area contributed by atoms with Crippen LogP contribution >= 0.6 is 0 Å². The lowest BCUT2D eigenvalue weighted by Crippen LogP contribution is -3.00. The summed E-state index contributed by atoms with van der Waals surface area (Å²) >= 11 is 0. The fourth-order valence-electron chi connectivity index (χ4n) is 3.35. The molecule has 6 nitrogen and oxygen atoms in total. The van der Waals surface area contributed by atoms with Crippen LogP contribution in [0.15, 0.2) is 36.5 Å². The summed E-state index contributed by atoms with van der Waals surface area (Å²) in [5, 5.41) is 16.5. The van der Waals surface area contributed by atoms with E-state index in [0.29, 0.717) is 5.52 Å². The maximum absolute atomic E-state index is 11.3. The zero-order valence-electron chi connectivity index (χ0n) is 13.9. The molecule has 0 fully saturated rings. The number of fused-ring (bicyclic) bond motifs is 5. The standard InChI is InChI=1S/C18H16N4O2.BrH/c1-3-11-10-16-18-13(8-9-21(16)20-14(11)4-2)12-6-5-7-15(22(23)24)17(12)19-18;/h5-10H,3-4H2,1-2H3;1H. The van der Waals surface area contributed by atoms with E-state index in [9.17, 15) is 10.1 Å². The maximum Gasteiger partial charge on any atom is 0.295 e. The van der Waals surface area contributed by atoms with E-state index in [0.717, 1.165) is 34.6 Å². The van der Waals surface area contributed by atoms with Crippen molar-refractivity contribution in [3.63, 3.8) is 0 Å². The number of nitrogens with one attached hydrogen (secondary N) is 1.